The molecule has 1 N–H and O–H groups in total. The minimum absolute atomic E-state index is 0.0156. The van der Waals surface area contributed by atoms with Gasteiger partial charge in [0.05, 0.1) is 36.7 Å². The van der Waals surface area contributed by atoms with Crippen LogP contribution in [0, 0.1) is 10.1 Å². The SMILES string of the molecule is COc1ccc(-c2nn(-c3ccccc3)cc2/C=N/Nc2cccc([N+](=O)[O-])c2)cc1OC. The fraction of sp³-hybridized carbons (Fsp3) is 0.0833. The molecule has 0 fully saturated rings. The van der Waals surface area contributed by atoms with E-state index in [-0.39, 0.29) is 5.69 Å². The molecule has 0 atom stereocenters. The summed E-state index contributed by atoms with van der Waals surface area (Å²) in [6.07, 6.45) is 3.48. The molecule has 0 aliphatic heterocycles. The van der Waals surface area contributed by atoms with Crippen LogP contribution >= 0.6 is 0 Å². The highest BCUT2D eigenvalue weighted by Gasteiger charge is 2.14. The van der Waals surface area contributed by atoms with Gasteiger partial charge in [-0.05, 0) is 36.4 Å². The highest BCUT2D eigenvalue weighted by Crippen LogP contribution is 2.33. The van der Waals surface area contributed by atoms with Crippen molar-refractivity contribution in [2.45, 2.75) is 0 Å². The van der Waals surface area contributed by atoms with E-state index in [4.69, 9.17) is 14.6 Å². The van der Waals surface area contributed by atoms with Crippen molar-refractivity contribution in [3.63, 3.8) is 0 Å². The second kappa shape index (κ2) is 9.65. The first-order chi connectivity index (χ1) is 16.1. The van der Waals surface area contributed by atoms with Gasteiger partial charge in [-0.1, -0.05) is 24.3 Å². The summed E-state index contributed by atoms with van der Waals surface area (Å²) in [5.41, 5.74) is 6.46. The van der Waals surface area contributed by atoms with Gasteiger partial charge in [0.25, 0.3) is 5.69 Å². The molecule has 0 aliphatic rings. The second-order valence-corrected chi connectivity index (χ2v) is 6.96. The van der Waals surface area contributed by atoms with Crippen molar-refractivity contribution >= 4 is 17.6 Å². The number of non-ortho nitro benzene ring substituents is 1. The van der Waals surface area contributed by atoms with Crippen molar-refractivity contribution in [3.05, 3.63) is 94.7 Å². The normalized spacial score (nSPS) is 10.8. The van der Waals surface area contributed by atoms with Crippen molar-refractivity contribution in [1.29, 1.82) is 0 Å². The Balaban J connectivity index is 1.70. The first-order valence-corrected chi connectivity index (χ1v) is 10.00. The Morgan fingerprint density at radius 2 is 1.79 bits per heavy atom. The molecule has 0 amide bonds. The van der Waals surface area contributed by atoms with Crippen LogP contribution in [0.3, 0.4) is 0 Å². The molecule has 0 unspecified atom stereocenters. The van der Waals surface area contributed by atoms with Gasteiger partial charge in [0.2, 0.25) is 0 Å². The number of ether oxygens (including phenoxy) is 2. The lowest BCUT2D eigenvalue weighted by molar-refractivity contribution is -0.384. The molecule has 166 valence electrons. The number of benzene rings is 3. The number of methoxy groups -OCH3 is 2. The number of nitrogens with one attached hydrogen (secondary N) is 1. The van der Waals surface area contributed by atoms with Crippen LogP contribution in [0.4, 0.5) is 11.4 Å². The zero-order valence-electron chi connectivity index (χ0n) is 18.0. The van der Waals surface area contributed by atoms with Crippen molar-refractivity contribution in [3.8, 4) is 28.4 Å². The van der Waals surface area contributed by atoms with Gasteiger partial charge in [-0.25, -0.2) is 4.68 Å². The topological polar surface area (TPSA) is 104 Å². The predicted molar refractivity (Wildman–Crippen MR) is 126 cm³/mol. The first kappa shape index (κ1) is 21.6. The molecule has 9 heteroatoms. The monoisotopic (exact) mass is 443 g/mol. The average Bonchev–Trinajstić information content (AvgIpc) is 3.28. The summed E-state index contributed by atoms with van der Waals surface area (Å²) in [6.45, 7) is 0. The van der Waals surface area contributed by atoms with Crippen LogP contribution in [0.1, 0.15) is 5.56 Å². The number of anilines is 1. The molecule has 1 aromatic heterocycles. The summed E-state index contributed by atoms with van der Waals surface area (Å²) in [5, 5.41) is 20.0. The molecule has 0 saturated carbocycles. The molecule has 0 spiro atoms. The number of hydrogen-bond donors (Lipinski definition) is 1. The molecule has 9 nitrogen and oxygen atoms in total. The number of hydrazone groups is 1. The Morgan fingerprint density at radius 1 is 1.00 bits per heavy atom. The third-order valence-electron chi connectivity index (χ3n) is 4.87. The highest BCUT2D eigenvalue weighted by molar-refractivity contribution is 5.89. The summed E-state index contributed by atoms with van der Waals surface area (Å²) < 4.78 is 12.5. The number of aromatic nitrogens is 2. The molecular formula is C24H21N5O4. The summed E-state index contributed by atoms with van der Waals surface area (Å²) >= 11 is 0. The van der Waals surface area contributed by atoms with Crippen LogP contribution in [-0.2, 0) is 0 Å². The lowest BCUT2D eigenvalue weighted by Crippen LogP contribution is -1.95. The van der Waals surface area contributed by atoms with Crippen LogP contribution < -0.4 is 14.9 Å². The van der Waals surface area contributed by atoms with E-state index in [1.807, 2.05) is 54.7 Å². The Kier molecular flexibility index (Phi) is 6.31. The van der Waals surface area contributed by atoms with Crippen molar-refractivity contribution < 1.29 is 14.4 Å². The van der Waals surface area contributed by atoms with E-state index < -0.39 is 4.92 Å². The molecule has 0 bridgehead atoms. The van der Waals surface area contributed by atoms with Gasteiger partial charge < -0.3 is 9.47 Å². The van der Waals surface area contributed by atoms with Gasteiger partial charge in [0.1, 0.15) is 5.69 Å². The Labute approximate surface area is 190 Å². The van der Waals surface area contributed by atoms with Crippen LogP contribution in [0.2, 0.25) is 0 Å². The molecule has 0 radical (unpaired) electrons. The van der Waals surface area contributed by atoms with Gasteiger partial charge in [-0.15, -0.1) is 0 Å². The molecule has 4 aromatic rings. The summed E-state index contributed by atoms with van der Waals surface area (Å²) in [7, 11) is 3.16. The molecule has 33 heavy (non-hydrogen) atoms. The average molecular weight is 443 g/mol. The fourth-order valence-corrected chi connectivity index (χ4v) is 3.27. The zero-order valence-corrected chi connectivity index (χ0v) is 18.0. The van der Waals surface area contributed by atoms with Crippen molar-refractivity contribution in [2.75, 3.05) is 19.6 Å². The summed E-state index contributed by atoms with van der Waals surface area (Å²) in [5.74, 6) is 1.20. The van der Waals surface area contributed by atoms with Gasteiger partial charge in [0, 0.05) is 29.5 Å². The lowest BCUT2D eigenvalue weighted by Gasteiger charge is -2.09. The third-order valence-corrected chi connectivity index (χ3v) is 4.87. The van der Waals surface area contributed by atoms with E-state index in [0.717, 1.165) is 16.8 Å². The van der Waals surface area contributed by atoms with Crippen LogP contribution in [-0.4, -0.2) is 35.1 Å². The standard InChI is InChI=1S/C24H21N5O4/c1-32-22-12-11-17(13-23(22)33-2)24-18(16-28(27-24)20-8-4-3-5-9-20)15-25-26-19-7-6-10-21(14-19)29(30)31/h3-16,26H,1-2H3/b25-15+. The van der Waals surface area contributed by atoms with E-state index in [1.54, 1.807) is 37.2 Å². The van der Waals surface area contributed by atoms with E-state index in [9.17, 15) is 10.1 Å². The minimum Gasteiger partial charge on any atom is -0.493 e. The molecular weight excluding hydrogens is 422 g/mol. The maximum absolute atomic E-state index is 11.0. The van der Waals surface area contributed by atoms with Crippen LogP contribution in [0.25, 0.3) is 16.9 Å². The van der Waals surface area contributed by atoms with Gasteiger partial charge in [-0.2, -0.15) is 10.2 Å². The van der Waals surface area contributed by atoms with E-state index in [2.05, 4.69) is 10.5 Å². The van der Waals surface area contributed by atoms with Crippen LogP contribution in [0.15, 0.2) is 84.1 Å². The number of hydrogen-bond acceptors (Lipinski definition) is 7. The van der Waals surface area contributed by atoms with Gasteiger partial charge in [0.15, 0.2) is 11.5 Å². The van der Waals surface area contributed by atoms with E-state index in [1.165, 1.54) is 12.1 Å². The second-order valence-electron chi connectivity index (χ2n) is 6.96. The molecule has 3 aromatic carbocycles. The fourth-order valence-electron chi connectivity index (χ4n) is 3.27. The molecule has 0 saturated heterocycles. The quantitative estimate of drug-likeness (QED) is 0.236. The Hall–Kier alpha value is -4.66. The number of rotatable bonds is 8. The maximum atomic E-state index is 11.0. The third kappa shape index (κ3) is 4.82. The maximum Gasteiger partial charge on any atom is 0.271 e. The highest BCUT2D eigenvalue weighted by atomic mass is 16.6. The Bertz CT molecular complexity index is 1300. The first-order valence-electron chi connectivity index (χ1n) is 10.00. The van der Waals surface area contributed by atoms with Gasteiger partial charge >= 0.3 is 0 Å². The number of nitro benzene ring substituents is 1. The Morgan fingerprint density at radius 3 is 2.52 bits per heavy atom. The van der Waals surface area contributed by atoms with Crippen molar-refractivity contribution in [2.24, 2.45) is 5.10 Å². The molecule has 0 aliphatic carbocycles. The molecule has 1 heterocycles. The van der Waals surface area contributed by atoms with E-state index in [0.29, 0.717) is 22.9 Å². The minimum atomic E-state index is -0.450. The summed E-state index contributed by atoms with van der Waals surface area (Å²) in [6, 6.07) is 21.4. The molecule has 4 rings (SSSR count). The number of nitro groups is 1. The summed E-state index contributed by atoms with van der Waals surface area (Å²) in [4.78, 5) is 10.5. The van der Waals surface area contributed by atoms with Crippen LogP contribution in [0.5, 0.6) is 11.5 Å². The zero-order chi connectivity index (χ0) is 23.2. The van der Waals surface area contributed by atoms with Crippen molar-refractivity contribution in [1.82, 2.24) is 9.78 Å². The van der Waals surface area contributed by atoms with E-state index >= 15 is 0 Å². The predicted octanol–water partition coefficient (Wildman–Crippen LogP) is 4.91. The smallest absolute Gasteiger partial charge is 0.271 e. The largest absolute Gasteiger partial charge is 0.493 e. The lowest BCUT2D eigenvalue weighted by atomic mass is 10.1. The van der Waals surface area contributed by atoms with Gasteiger partial charge in [-0.3, -0.25) is 15.5 Å². The number of nitrogens with zero attached hydrogens (tertiary/aromatic N) is 4. The number of para-hydroxylation sites is 1.